The lowest BCUT2D eigenvalue weighted by atomic mass is 10.1. The molecule has 0 saturated heterocycles. The fourth-order valence-electron chi connectivity index (χ4n) is 1.83. The molecular weight excluding hydrogens is 276 g/mol. The van der Waals surface area contributed by atoms with Crippen molar-refractivity contribution in [2.24, 2.45) is 5.73 Å². The Morgan fingerprint density at radius 3 is 2.40 bits per heavy atom. The Morgan fingerprint density at radius 1 is 1.10 bits per heavy atom. The summed E-state index contributed by atoms with van der Waals surface area (Å²) in [5, 5.41) is 0. The number of benzene rings is 2. The van der Waals surface area contributed by atoms with Crippen LogP contribution in [-0.2, 0) is 16.6 Å². The average Bonchev–Trinajstić information content (AvgIpc) is 2.48. The molecule has 0 atom stereocenters. The molecule has 0 radical (unpaired) electrons. The third kappa shape index (κ3) is 2.92. The second-order valence-electron chi connectivity index (χ2n) is 4.12. The molecule has 0 amide bonds. The van der Waals surface area contributed by atoms with Gasteiger partial charge in [0.1, 0.15) is 5.75 Å². The summed E-state index contributed by atoms with van der Waals surface area (Å²) < 4.78 is 32.4. The van der Waals surface area contributed by atoms with Crippen molar-refractivity contribution in [3.8, 4) is 5.75 Å². The molecule has 0 bridgehead atoms. The second kappa shape index (κ2) is 5.94. The number of methoxy groups -OCH3 is 1. The Bertz CT molecular complexity index is 663. The predicted octanol–water partition coefficient (Wildman–Crippen LogP) is 1.95. The van der Waals surface area contributed by atoms with E-state index in [1.54, 1.807) is 36.4 Å². The predicted molar refractivity (Wildman–Crippen MR) is 78.1 cm³/mol. The molecule has 106 valence electrons. The van der Waals surface area contributed by atoms with Crippen LogP contribution in [0.4, 0.5) is 5.69 Å². The molecule has 2 aromatic carbocycles. The van der Waals surface area contributed by atoms with Gasteiger partial charge in [0.2, 0.25) is 0 Å². The SMILES string of the molecule is COc1cccc(CN)c1NS(=O)(=O)c1ccccc1. The molecule has 20 heavy (non-hydrogen) atoms. The number of nitrogens with two attached hydrogens (primary N) is 1. The summed E-state index contributed by atoms with van der Waals surface area (Å²) >= 11 is 0. The Morgan fingerprint density at radius 2 is 1.80 bits per heavy atom. The van der Waals surface area contributed by atoms with Crippen LogP contribution in [0.15, 0.2) is 53.4 Å². The number of ether oxygens (including phenoxy) is 1. The quantitative estimate of drug-likeness (QED) is 0.882. The van der Waals surface area contributed by atoms with E-state index in [1.165, 1.54) is 19.2 Å². The highest BCUT2D eigenvalue weighted by Gasteiger charge is 2.18. The first-order valence-electron chi connectivity index (χ1n) is 6.02. The molecule has 0 heterocycles. The zero-order valence-electron chi connectivity index (χ0n) is 11.0. The van der Waals surface area contributed by atoms with Crippen molar-refractivity contribution in [1.82, 2.24) is 0 Å². The van der Waals surface area contributed by atoms with Crippen molar-refractivity contribution >= 4 is 15.7 Å². The number of anilines is 1. The third-order valence-electron chi connectivity index (χ3n) is 2.84. The first-order chi connectivity index (χ1) is 9.58. The summed E-state index contributed by atoms with van der Waals surface area (Å²) in [5.74, 6) is 0.437. The van der Waals surface area contributed by atoms with Crippen LogP contribution < -0.4 is 15.2 Å². The van der Waals surface area contributed by atoms with E-state index in [-0.39, 0.29) is 11.4 Å². The van der Waals surface area contributed by atoms with Gasteiger partial charge in [0, 0.05) is 6.54 Å². The molecule has 6 heteroatoms. The standard InChI is InChI=1S/C14H16N2O3S/c1-19-13-9-5-6-11(10-15)14(13)16-20(17,18)12-7-3-2-4-8-12/h2-9,16H,10,15H2,1H3. The molecule has 0 unspecified atom stereocenters. The third-order valence-corrected chi connectivity index (χ3v) is 4.21. The highest BCUT2D eigenvalue weighted by molar-refractivity contribution is 7.92. The summed E-state index contributed by atoms with van der Waals surface area (Å²) in [7, 11) is -2.18. The summed E-state index contributed by atoms with van der Waals surface area (Å²) in [6, 6.07) is 13.4. The van der Waals surface area contributed by atoms with Gasteiger partial charge in [-0.1, -0.05) is 30.3 Å². The molecule has 0 fully saturated rings. The van der Waals surface area contributed by atoms with E-state index in [0.717, 1.165) is 0 Å². The van der Waals surface area contributed by atoms with Gasteiger partial charge in [-0.15, -0.1) is 0 Å². The van der Waals surface area contributed by atoms with Gasteiger partial charge in [-0.2, -0.15) is 0 Å². The van der Waals surface area contributed by atoms with Gasteiger partial charge in [-0.05, 0) is 23.8 Å². The molecule has 3 N–H and O–H groups in total. The smallest absolute Gasteiger partial charge is 0.262 e. The van der Waals surface area contributed by atoms with Gasteiger partial charge in [-0.3, -0.25) is 4.72 Å². The minimum atomic E-state index is -3.66. The van der Waals surface area contributed by atoms with E-state index in [0.29, 0.717) is 17.0 Å². The van der Waals surface area contributed by atoms with Gasteiger partial charge in [-0.25, -0.2) is 8.42 Å². The lowest BCUT2D eigenvalue weighted by Crippen LogP contribution is -2.15. The summed E-state index contributed by atoms with van der Waals surface area (Å²) in [4.78, 5) is 0.189. The van der Waals surface area contributed by atoms with Gasteiger partial charge >= 0.3 is 0 Å². The Kier molecular flexibility index (Phi) is 4.26. The van der Waals surface area contributed by atoms with E-state index in [2.05, 4.69) is 4.72 Å². The van der Waals surface area contributed by atoms with Crippen LogP contribution in [0.1, 0.15) is 5.56 Å². The topological polar surface area (TPSA) is 81.4 Å². The molecule has 0 saturated carbocycles. The van der Waals surface area contributed by atoms with E-state index in [1.807, 2.05) is 0 Å². The molecule has 0 spiro atoms. The van der Waals surface area contributed by atoms with Gasteiger partial charge in [0.15, 0.2) is 0 Å². The molecule has 0 aliphatic heterocycles. The minimum Gasteiger partial charge on any atom is -0.495 e. The molecule has 2 aromatic rings. The van der Waals surface area contributed by atoms with E-state index in [4.69, 9.17) is 10.5 Å². The number of nitrogens with one attached hydrogen (secondary N) is 1. The summed E-state index contributed by atoms with van der Waals surface area (Å²) in [6.07, 6.45) is 0. The largest absolute Gasteiger partial charge is 0.495 e. The number of hydrogen-bond donors (Lipinski definition) is 2. The van der Waals surface area contributed by atoms with Crippen molar-refractivity contribution in [2.75, 3.05) is 11.8 Å². The second-order valence-corrected chi connectivity index (χ2v) is 5.80. The summed E-state index contributed by atoms with van der Waals surface area (Å²) in [6.45, 7) is 0.212. The van der Waals surface area contributed by atoms with Crippen molar-refractivity contribution in [2.45, 2.75) is 11.4 Å². The lowest BCUT2D eigenvalue weighted by Gasteiger charge is -2.15. The van der Waals surface area contributed by atoms with Crippen molar-refractivity contribution < 1.29 is 13.2 Å². The molecule has 0 aliphatic carbocycles. The van der Waals surface area contributed by atoms with E-state index < -0.39 is 10.0 Å². The number of hydrogen-bond acceptors (Lipinski definition) is 4. The maximum absolute atomic E-state index is 12.3. The minimum absolute atomic E-state index is 0.189. The molecule has 5 nitrogen and oxygen atoms in total. The fraction of sp³-hybridized carbons (Fsp3) is 0.143. The van der Waals surface area contributed by atoms with Crippen LogP contribution in [0.2, 0.25) is 0 Å². The highest BCUT2D eigenvalue weighted by atomic mass is 32.2. The summed E-state index contributed by atoms with van der Waals surface area (Å²) in [5.41, 5.74) is 6.69. The average molecular weight is 292 g/mol. The number of sulfonamides is 1. The maximum atomic E-state index is 12.3. The highest BCUT2D eigenvalue weighted by Crippen LogP contribution is 2.30. The van der Waals surface area contributed by atoms with Crippen LogP contribution >= 0.6 is 0 Å². The van der Waals surface area contributed by atoms with Crippen LogP contribution in [0.3, 0.4) is 0 Å². The van der Waals surface area contributed by atoms with Crippen molar-refractivity contribution in [1.29, 1.82) is 0 Å². The van der Waals surface area contributed by atoms with E-state index in [9.17, 15) is 8.42 Å². The first-order valence-corrected chi connectivity index (χ1v) is 7.50. The Labute approximate surface area is 118 Å². The van der Waals surface area contributed by atoms with E-state index >= 15 is 0 Å². The fourth-order valence-corrected chi connectivity index (χ4v) is 2.96. The zero-order chi connectivity index (χ0) is 14.6. The van der Waals surface area contributed by atoms with Crippen LogP contribution in [0.25, 0.3) is 0 Å². The molecule has 0 aliphatic rings. The first kappa shape index (κ1) is 14.4. The maximum Gasteiger partial charge on any atom is 0.262 e. The van der Waals surface area contributed by atoms with Crippen LogP contribution in [-0.4, -0.2) is 15.5 Å². The van der Waals surface area contributed by atoms with Crippen molar-refractivity contribution in [3.05, 3.63) is 54.1 Å². The monoisotopic (exact) mass is 292 g/mol. The van der Waals surface area contributed by atoms with Gasteiger partial charge in [0.05, 0.1) is 17.7 Å². The number of rotatable bonds is 5. The number of para-hydroxylation sites is 1. The Hall–Kier alpha value is -2.05. The van der Waals surface area contributed by atoms with Gasteiger partial charge in [0.25, 0.3) is 10.0 Å². The Balaban J connectivity index is 2.44. The molecular formula is C14H16N2O3S. The normalized spacial score (nSPS) is 11.1. The molecule has 0 aromatic heterocycles. The molecule has 2 rings (SSSR count). The van der Waals surface area contributed by atoms with Crippen LogP contribution in [0, 0.1) is 0 Å². The van der Waals surface area contributed by atoms with Gasteiger partial charge < -0.3 is 10.5 Å². The lowest BCUT2D eigenvalue weighted by molar-refractivity contribution is 0.416. The van der Waals surface area contributed by atoms with Crippen molar-refractivity contribution in [3.63, 3.8) is 0 Å². The van der Waals surface area contributed by atoms with Crippen LogP contribution in [0.5, 0.6) is 5.75 Å². The zero-order valence-corrected chi connectivity index (χ0v) is 11.9.